The second-order valence-corrected chi connectivity index (χ2v) is 5.07. The largest absolute Gasteiger partial charge is 0.334 e. The molecule has 0 saturated carbocycles. The Balaban J connectivity index is 1.94. The molecule has 1 aromatic heterocycles. The Morgan fingerprint density at radius 2 is 2.22 bits per heavy atom. The van der Waals surface area contributed by atoms with Gasteiger partial charge in [0.15, 0.2) is 5.82 Å². The molecule has 0 aliphatic carbocycles. The van der Waals surface area contributed by atoms with Crippen LogP contribution in [0.5, 0.6) is 0 Å². The number of nitrogens with zero attached hydrogens (tertiary/aromatic N) is 2. The Labute approximate surface area is 114 Å². The lowest BCUT2D eigenvalue weighted by Gasteiger charge is -2.02. The molecule has 1 N–H and O–H groups in total. The van der Waals surface area contributed by atoms with E-state index in [1.54, 1.807) is 18.2 Å². The third-order valence-corrected chi connectivity index (χ3v) is 3.54. The van der Waals surface area contributed by atoms with E-state index in [2.05, 4.69) is 15.5 Å². The topological polar surface area (TPSA) is 51.0 Å². The van der Waals surface area contributed by atoms with E-state index in [1.165, 1.54) is 0 Å². The maximum absolute atomic E-state index is 6.10. The first-order valence-corrected chi connectivity index (χ1v) is 6.52. The summed E-state index contributed by atoms with van der Waals surface area (Å²) in [5.74, 6) is 1.09. The fourth-order valence-corrected chi connectivity index (χ4v) is 2.42. The first-order valence-electron chi connectivity index (χ1n) is 5.76. The van der Waals surface area contributed by atoms with Crippen molar-refractivity contribution in [2.24, 2.45) is 0 Å². The Bertz CT molecular complexity index is 564. The van der Waals surface area contributed by atoms with Gasteiger partial charge in [-0.2, -0.15) is 4.98 Å². The third-order valence-electron chi connectivity index (χ3n) is 2.97. The van der Waals surface area contributed by atoms with Crippen molar-refractivity contribution in [1.82, 2.24) is 15.5 Å². The van der Waals surface area contributed by atoms with E-state index in [9.17, 15) is 0 Å². The fourth-order valence-electron chi connectivity index (χ4n) is 2.05. The van der Waals surface area contributed by atoms with Crippen LogP contribution in [0.4, 0.5) is 0 Å². The molecule has 4 nitrogen and oxygen atoms in total. The lowest BCUT2D eigenvalue weighted by Crippen LogP contribution is -2.14. The molecule has 1 aromatic carbocycles. The van der Waals surface area contributed by atoms with Crippen LogP contribution in [-0.2, 0) is 0 Å². The molecule has 0 bridgehead atoms. The third kappa shape index (κ3) is 2.23. The predicted octanol–water partition coefficient (Wildman–Crippen LogP) is 3.47. The van der Waals surface area contributed by atoms with Crippen molar-refractivity contribution >= 4 is 23.2 Å². The van der Waals surface area contributed by atoms with Crippen molar-refractivity contribution in [3.63, 3.8) is 0 Å². The van der Waals surface area contributed by atoms with Gasteiger partial charge in [-0.25, -0.2) is 0 Å². The Kier molecular flexibility index (Phi) is 3.24. The highest BCUT2D eigenvalue weighted by Gasteiger charge is 2.22. The standard InChI is InChI=1S/C12H11Cl2N3O/c13-7-3-4-9(14)8(6-7)12-16-11(17-18-12)10-2-1-5-15-10/h3-4,6,10,15H,1-2,5H2. The SMILES string of the molecule is Clc1ccc(Cl)c(-c2nc(C3CCCN3)no2)c1. The average molecular weight is 284 g/mol. The average Bonchev–Trinajstić information content (AvgIpc) is 3.00. The highest BCUT2D eigenvalue weighted by molar-refractivity contribution is 6.35. The number of hydrogen-bond acceptors (Lipinski definition) is 4. The molecule has 1 aliphatic heterocycles. The van der Waals surface area contributed by atoms with Crippen LogP contribution < -0.4 is 5.32 Å². The second kappa shape index (κ2) is 4.88. The Morgan fingerprint density at radius 1 is 1.33 bits per heavy atom. The molecule has 94 valence electrons. The number of nitrogens with one attached hydrogen (secondary N) is 1. The number of hydrogen-bond donors (Lipinski definition) is 1. The van der Waals surface area contributed by atoms with Crippen LogP contribution in [0.2, 0.25) is 10.0 Å². The lowest BCUT2D eigenvalue weighted by atomic mass is 10.2. The van der Waals surface area contributed by atoms with E-state index in [1.807, 2.05) is 0 Å². The monoisotopic (exact) mass is 283 g/mol. The predicted molar refractivity (Wildman–Crippen MR) is 69.7 cm³/mol. The molecule has 1 atom stereocenters. The Hall–Kier alpha value is -1.10. The first kappa shape index (κ1) is 12.0. The highest BCUT2D eigenvalue weighted by Crippen LogP contribution is 2.30. The van der Waals surface area contributed by atoms with E-state index in [-0.39, 0.29) is 6.04 Å². The summed E-state index contributed by atoms with van der Waals surface area (Å²) in [6.45, 7) is 0.993. The van der Waals surface area contributed by atoms with Crippen LogP contribution in [0.25, 0.3) is 11.5 Å². The van der Waals surface area contributed by atoms with Gasteiger partial charge < -0.3 is 9.84 Å². The molecule has 1 saturated heterocycles. The summed E-state index contributed by atoms with van der Waals surface area (Å²) in [5, 5.41) is 8.46. The summed E-state index contributed by atoms with van der Waals surface area (Å²) in [6.07, 6.45) is 2.16. The molecule has 0 spiro atoms. The summed E-state index contributed by atoms with van der Waals surface area (Å²) in [5.41, 5.74) is 0.668. The van der Waals surface area contributed by atoms with Crippen molar-refractivity contribution in [3.8, 4) is 11.5 Å². The van der Waals surface area contributed by atoms with Crippen LogP contribution in [0.15, 0.2) is 22.7 Å². The van der Waals surface area contributed by atoms with Gasteiger partial charge in [0, 0.05) is 5.02 Å². The van der Waals surface area contributed by atoms with Gasteiger partial charge in [0.25, 0.3) is 5.89 Å². The van der Waals surface area contributed by atoms with Crippen molar-refractivity contribution < 1.29 is 4.52 Å². The van der Waals surface area contributed by atoms with E-state index < -0.39 is 0 Å². The van der Waals surface area contributed by atoms with Crippen LogP contribution in [0.1, 0.15) is 24.7 Å². The smallest absolute Gasteiger partial charge is 0.259 e. The van der Waals surface area contributed by atoms with E-state index >= 15 is 0 Å². The molecule has 2 aromatic rings. The lowest BCUT2D eigenvalue weighted by molar-refractivity contribution is 0.412. The molecule has 1 fully saturated rings. The minimum absolute atomic E-state index is 0.181. The van der Waals surface area contributed by atoms with Gasteiger partial charge in [0.2, 0.25) is 0 Å². The van der Waals surface area contributed by atoms with Crippen LogP contribution in [0.3, 0.4) is 0 Å². The molecule has 0 amide bonds. The summed E-state index contributed by atoms with van der Waals surface area (Å²) in [4.78, 5) is 4.38. The van der Waals surface area contributed by atoms with E-state index in [0.29, 0.717) is 27.3 Å². The minimum atomic E-state index is 0.181. The summed E-state index contributed by atoms with van der Waals surface area (Å²) >= 11 is 12.0. The van der Waals surface area contributed by atoms with Gasteiger partial charge in [-0.3, -0.25) is 0 Å². The van der Waals surface area contributed by atoms with Crippen LogP contribution >= 0.6 is 23.2 Å². The summed E-state index contributed by atoms with van der Waals surface area (Å²) in [6, 6.07) is 5.35. The molecule has 0 radical (unpaired) electrons. The van der Waals surface area contributed by atoms with Gasteiger partial charge in [-0.15, -0.1) is 0 Å². The van der Waals surface area contributed by atoms with Crippen LogP contribution in [-0.4, -0.2) is 16.7 Å². The van der Waals surface area contributed by atoms with Gasteiger partial charge >= 0.3 is 0 Å². The number of benzene rings is 1. The fraction of sp³-hybridized carbons (Fsp3) is 0.333. The van der Waals surface area contributed by atoms with E-state index in [0.717, 1.165) is 19.4 Å². The van der Waals surface area contributed by atoms with Gasteiger partial charge in [-0.1, -0.05) is 28.4 Å². The maximum Gasteiger partial charge on any atom is 0.259 e. The molecule has 1 aliphatic rings. The zero-order chi connectivity index (χ0) is 12.5. The molecule has 2 heterocycles. The second-order valence-electron chi connectivity index (χ2n) is 4.23. The quantitative estimate of drug-likeness (QED) is 0.917. The van der Waals surface area contributed by atoms with Gasteiger partial charge in [0.1, 0.15) is 0 Å². The van der Waals surface area contributed by atoms with E-state index in [4.69, 9.17) is 27.7 Å². The van der Waals surface area contributed by atoms with Gasteiger partial charge in [0.05, 0.1) is 16.6 Å². The molecule has 6 heteroatoms. The zero-order valence-electron chi connectivity index (χ0n) is 9.49. The number of halogens is 2. The first-order chi connectivity index (χ1) is 8.74. The normalized spacial score (nSPS) is 19.3. The number of aromatic nitrogens is 2. The molecule has 18 heavy (non-hydrogen) atoms. The molecule has 1 unspecified atom stereocenters. The van der Waals surface area contributed by atoms with Crippen molar-refractivity contribution in [2.45, 2.75) is 18.9 Å². The van der Waals surface area contributed by atoms with Crippen molar-refractivity contribution in [3.05, 3.63) is 34.1 Å². The molecular weight excluding hydrogens is 273 g/mol. The van der Waals surface area contributed by atoms with Crippen LogP contribution in [0, 0.1) is 0 Å². The minimum Gasteiger partial charge on any atom is -0.334 e. The van der Waals surface area contributed by atoms with Crippen molar-refractivity contribution in [1.29, 1.82) is 0 Å². The molecule has 3 rings (SSSR count). The zero-order valence-corrected chi connectivity index (χ0v) is 11.0. The highest BCUT2D eigenvalue weighted by atomic mass is 35.5. The summed E-state index contributed by atoms with van der Waals surface area (Å²) in [7, 11) is 0. The maximum atomic E-state index is 6.10. The van der Waals surface area contributed by atoms with Crippen molar-refractivity contribution in [2.75, 3.05) is 6.54 Å². The number of rotatable bonds is 2. The Morgan fingerprint density at radius 3 is 3.00 bits per heavy atom. The molecular formula is C12H11Cl2N3O. The summed E-state index contributed by atoms with van der Waals surface area (Å²) < 4.78 is 5.25. The van der Waals surface area contributed by atoms with Gasteiger partial charge in [-0.05, 0) is 37.6 Å².